The summed E-state index contributed by atoms with van der Waals surface area (Å²) in [6.07, 6.45) is -7.19. The Morgan fingerprint density at radius 1 is 1.38 bits per heavy atom. The van der Waals surface area contributed by atoms with Crippen molar-refractivity contribution in [2.24, 2.45) is 0 Å². The minimum Gasteiger partial charge on any atom is -0.493 e. The van der Waals surface area contributed by atoms with Gasteiger partial charge in [-0.1, -0.05) is 11.6 Å². The van der Waals surface area contributed by atoms with Crippen molar-refractivity contribution in [3.05, 3.63) is 29.3 Å². The third kappa shape index (κ3) is 2.88. The molecule has 0 radical (unpaired) electrons. The zero-order valence-corrected chi connectivity index (χ0v) is 9.01. The summed E-state index contributed by atoms with van der Waals surface area (Å²) in [6, 6.07) is 4.35. The molecule has 1 atom stereocenters. The standard InChI is InChI=1S/C11H13F3O2/c1-3-16-9-5-4-7(2)6-8(9)10(15)11(12,13)14/h4-6,10,15H,3H2,1-2H3. The van der Waals surface area contributed by atoms with Gasteiger partial charge in [-0.25, -0.2) is 0 Å². The summed E-state index contributed by atoms with van der Waals surface area (Å²) in [7, 11) is 0. The van der Waals surface area contributed by atoms with E-state index in [2.05, 4.69) is 0 Å². The Balaban J connectivity index is 3.14. The molecule has 1 unspecified atom stereocenters. The molecule has 1 aromatic carbocycles. The van der Waals surface area contributed by atoms with Gasteiger partial charge in [-0.2, -0.15) is 13.2 Å². The first-order valence-electron chi connectivity index (χ1n) is 4.84. The molecule has 5 heteroatoms. The molecule has 0 aliphatic rings. The predicted molar refractivity (Wildman–Crippen MR) is 53.4 cm³/mol. The van der Waals surface area contributed by atoms with Crippen LogP contribution in [0, 0.1) is 6.92 Å². The molecule has 1 rings (SSSR count). The van der Waals surface area contributed by atoms with Crippen LogP contribution in [0.3, 0.4) is 0 Å². The first-order chi connectivity index (χ1) is 7.36. The second kappa shape index (κ2) is 4.74. The average molecular weight is 234 g/mol. The van der Waals surface area contributed by atoms with Gasteiger partial charge in [0.05, 0.1) is 6.61 Å². The summed E-state index contributed by atoms with van der Waals surface area (Å²) < 4.78 is 42.2. The molecular formula is C11H13F3O2. The fraction of sp³-hybridized carbons (Fsp3) is 0.455. The van der Waals surface area contributed by atoms with Crippen LogP contribution in [0.5, 0.6) is 5.75 Å². The predicted octanol–water partition coefficient (Wildman–Crippen LogP) is 2.99. The second-order valence-electron chi connectivity index (χ2n) is 3.42. The lowest BCUT2D eigenvalue weighted by Crippen LogP contribution is -2.21. The van der Waals surface area contributed by atoms with Crippen molar-refractivity contribution in [1.29, 1.82) is 0 Å². The van der Waals surface area contributed by atoms with Crippen LogP contribution in [0.15, 0.2) is 18.2 Å². The molecule has 0 aliphatic carbocycles. The molecule has 0 fully saturated rings. The van der Waals surface area contributed by atoms with Crippen LogP contribution < -0.4 is 4.74 Å². The van der Waals surface area contributed by atoms with E-state index in [4.69, 9.17) is 4.74 Å². The molecular weight excluding hydrogens is 221 g/mol. The average Bonchev–Trinajstić information content (AvgIpc) is 2.18. The van der Waals surface area contributed by atoms with Gasteiger partial charge in [0.2, 0.25) is 0 Å². The Morgan fingerprint density at radius 3 is 2.50 bits per heavy atom. The van der Waals surface area contributed by atoms with Gasteiger partial charge >= 0.3 is 6.18 Å². The van der Waals surface area contributed by atoms with Crippen LogP contribution in [0.25, 0.3) is 0 Å². The molecule has 0 saturated heterocycles. The van der Waals surface area contributed by atoms with Gasteiger partial charge in [0.1, 0.15) is 5.75 Å². The number of benzene rings is 1. The number of aryl methyl sites for hydroxylation is 1. The van der Waals surface area contributed by atoms with Crippen molar-refractivity contribution < 1.29 is 23.0 Å². The normalized spacial score (nSPS) is 13.6. The van der Waals surface area contributed by atoms with Crippen molar-refractivity contribution in [3.63, 3.8) is 0 Å². The highest BCUT2D eigenvalue weighted by Crippen LogP contribution is 2.37. The second-order valence-corrected chi connectivity index (χ2v) is 3.42. The maximum atomic E-state index is 12.4. The molecule has 1 N–H and O–H groups in total. The number of aliphatic hydroxyl groups is 1. The van der Waals surface area contributed by atoms with Crippen LogP contribution in [-0.4, -0.2) is 17.9 Å². The Bertz CT molecular complexity index is 361. The number of halogens is 3. The van der Waals surface area contributed by atoms with Crippen molar-refractivity contribution in [1.82, 2.24) is 0 Å². The van der Waals surface area contributed by atoms with Gasteiger partial charge in [0.15, 0.2) is 6.10 Å². The maximum absolute atomic E-state index is 12.4. The molecule has 0 aliphatic heterocycles. The topological polar surface area (TPSA) is 29.5 Å². The molecule has 0 saturated carbocycles. The van der Waals surface area contributed by atoms with E-state index in [-0.39, 0.29) is 17.9 Å². The van der Waals surface area contributed by atoms with Gasteiger partial charge in [-0.05, 0) is 26.0 Å². The van der Waals surface area contributed by atoms with E-state index < -0.39 is 12.3 Å². The highest BCUT2D eigenvalue weighted by molar-refractivity contribution is 5.39. The SMILES string of the molecule is CCOc1ccc(C)cc1C(O)C(F)(F)F. The Morgan fingerprint density at radius 2 is 2.00 bits per heavy atom. The Labute approximate surface area is 91.7 Å². The fourth-order valence-electron chi connectivity index (χ4n) is 1.34. The zero-order valence-electron chi connectivity index (χ0n) is 9.01. The Hall–Kier alpha value is -1.23. The summed E-state index contributed by atoms with van der Waals surface area (Å²) in [4.78, 5) is 0. The Kier molecular flexibility index (Phi) is 3.80. The van der Waals surface area contributed by atoms with Crippen molar-refractivity contribution in [3.8, 4) is 5.75 Å². The minimum atomic E-state index is -4.68. The van der Waals surface area contributed by atoms with E-state index in [0.717, 1.165) is 0 Å². The van der Waals surface area contributed by atoms with Crippen LogP contribution in [-0.2, 0) is 0 Å². The van der Waals surface area contributed by atoms with Gasteiger partial charge in [0, 0.05) is 5.56 Å². The van der Waals surface area contributed by atoms with Gasteiger partial charge in [-0.3, -0.25) is 0 Å². The number of aliphatic hydroxyl groups excluding tert-OH is 1. The minimum absolute atomic E-state index is 0.0675. The third-order valence-corrected chi connectivity index (χ3v) is 2.07. The smallest absolute Gasteiger partial charge is 0.418 e. The largest absolute Gasteiger partial charge is 0.493 e. The van der Waals surface area contributed by atoms with Gasteiger partial charge in [0.25, 0.3) is 0 Å². The first-order valence-corrected chi connectivity index (χ1v) is 4.84. The van der Waals surface area contributed by atoms with Crippen LogP contribution >= 0.6 is 0 Å². The quantitative estimate of drug-likeness (QED) is 0.871. The lowest BCUT2D eigenvalue weighted by molar-refractivity contribution is -0.207. The monoisotopic (exact) mass is 234 g/mol. The number of hydrogen-bond donors (Lipinski definition) is 1. The summed E-state index contributed by atoms with van der Waals surface area (Å²) in [5.41, 5.74) is 0.399. The fourth-order valence-corrected chi connectivity index (χ4v) is 1.34. The molecule has 0 heterocycles. The van der Waals surface area contributed by atoms with Gasteiger partial charge < -0.3 is 9.84 Å². The van der Waals surface area contributed by atoms with E-state index in [1.54, 1.807) is 19.9 Å². The van der Waals surface area contributed by atoms with E-state index in [9.17, 15) is 18.3 Å². The lowest BCUT2D eigenvalue weighted by atomic mass is 10.0. The summed E-state index contributed by atoms with van der Waals surface area (Å²) in [5, 5.41) is 9.18. The summed E-state index contributed by atoms with van der Waals surface area (Å²) in [6.45, 7) is 3.58. The third-order valence-electron chi connectivity index (χ3n) is 2.07. The first kappa shape index (κ1) is 12.8. The number of hydrogen-bond acceptors (Lipinski definition) is 2. The van der Waals surface area contributed by atoms with E-state index in [1.807, 2.05) is 0 Å². The van der Waals surface area contributed by atoms with Crippen LogP contribution in [0.2, 0.25) is 0 Å². The molecule has 90 valence electrons. The molecule has 0 bridgehead atoms. The molecule has 0 amide bonds. The number of ether oxygens (including phenoxy) is 1. The summed E-state index contributed by atoms with van der Waals surface area (Å²) in [5.74, 6) is 0.0675. The van der Waals surface area contributed by atoms with Crippen LogP contribution in [0.1, 0.15) is 24.2 Å². The zero-order chi connectivity index (χ0) is 12.3. The molecule has 0 aromatic heterocycles. The van der Waals surface area contributed by atoms with Gasteiger partial charge in [-0.15, -0.1) is 0 Å². The molecule has 0 spiro atoms. The molecule has 1 aromatic rings. The van der Waals surface area contributed by atoms with Crippen LogP contribution in [0.4, 0.5) is 13.2 Å². The number of alkyl halides is 3. The lowest BCUT2D eigenvalue weighted by Gasteiger charge is -2.18. The van der Waals surface area contributed by atoms with Crippen molar-refractivity contribution in [2.75, 3.05) is 6.61 Å². The molecule has 16 heavy (non-hydrogen) atoms. The highest BCUT2D eigenvalue weighted by Gasteiger charge is 2.40. The molecule has 2 nitrogen and oxygen atoms in total. The van der Waals surface area contributed by atoms with Crippen molar-refractivity contribution in [2.45, 2.75) is 26.1 Å². The van der Waals surface area contributed by atoms with Crippen molar-refractivity contribution >= 4 is 0 Å². The summed E-state index contributed by atoms with van der Waals surface area (Å²) >= 11 is 0. The van der Waals surface area contributed by atoms with E-state index in [0.29, 0.717) is 5.56 Å². The van der Waals surface area contributed by atoms with E-state index >= 15 is 0 Å². The maximum Gasteiger partial charge on any atom is 0.418 e. The van der Waals surface area contributed by atoms with E-state index in [1.165, 1.54) is 12.1 Å². The number of rotatable bonds is 3. The highest BCUT2D eigenvalue weighted by atomic mass is 19.4.